The lowest BCUT2D eigenvalue weighted by Crippen LogP contribution is -2.59. The number of thiazole rings is 1. The molecule has 8 nitrogen and oxygen atoms in total. The number of piperazine rings is 1. The number of rotatable bonds is 12. The predicted molar refractivity (Wildman–Crippen MR) is 142 cm³/mol. The first kappa shape index (κ1) is 28.8. The van der Waals surface area contributed by atoms with Crippen LogP contribution in [0.1, 0.15) is 30.6 Å². The van der Waals surface area contributed by atoms with Crippen LogP contribution in [0.4, 0.5) is 13.2 Å². The van der Waals surface area contributed by atoms with Crippen molar-refractivity contribution in [1.82, 2.24) is 25.4 Å². The number of nitrogens with one attached hydrogen (secondary N) is 2. The average Bonchev–Trinajstić information content (AvgIpc) is 3.62. The predicted octanol–water partition coefficient (Wildman–Crippen LogP) is 4.05. The minimum Gasteiger partial charge on any atom is -0.457 e. The summed E-state index contributed by atoms with van der Waals surface area (Å²) in [5, 5.41) is 7.56. The van der Waals surface area contributed by atoms with E-state index in [1.165, 1.54) is 11.3 Å². The lowest BCUT2D eigenvalue weighted by Gasteiger charge is -2.40. The molecule has 1 fully saturated rings. The molecular weight excluding hydrogens is 531 g/mol. The summed E-state index contributed by atoms with van der Waals surface area (Å²) in [6.07, 6.45) is -1.18. The molecule has 1 aliphatic heterocycles. The number of benzene rings is 1. The molecule has 39 heavy (non-hydrogen) atoms. The van der Waals surface area contributed by atoms with Gasteiger partial charge in [0.25, 0.3) is 0 Å². The third-order valence-electron chi connectivity index (χ3n) is 6.46. The summed E-state index contributed by atoms with van der Waals surface area (Å²) in [7, 11) is 0. The summed E-state index contributed by atoms with van der Waals surface area (Å²) < 4.78 is 44.2. The second-order valence-corrected chi connectivity index (χ2v) is 10.3. The Morgan fingerprint density at radius 1 is 1.08 bits per heavy atom. The van der Waals surface area contributed by atoms with Gasteiger partial charge in [-0.3, -0.25) is 19.4 Å². The zero-order chi connectivity index (χ0) is 27.7. The third kappa shape index (κ3) is 9.19. The molecule has 0 saturated carbocycles. The van der Waals surface area contributed by atoms with Gasteiger partial charge in [0.15, 0.2) is 10.8 Å². The van der Waals surface area contributed by atoms with Crippen molar-refractivity contribution in [2.45, 2.75) is 44.6 Å². The molecule has 3 aromatic rings. The van der Waals surface area contributed by atoms with Gasteiger partial charge in [-0.1, -0.05) is 30.3 Å². The van der Waals surface area contributed by atoms with Gasteiger partial charge in [0.1, 0.15) is 18.3 Å². The van der Waals surface area contributed by atoms with Gasteiger partial charge in [-0.15, -0.1) is 11.3 Å². The molecule has 2 N–H and O–H groups in total. The topological polar surface area (TPSA) is 90.7 Å². The molecule has 12 heteroatoms. The summed E-state index contributed by atoms with van der Waals surface area (Å²) >= 11 is 1.47. The van der Waals surface area contributed by atoms with Gasteiger partial charge in [0, 0.05) is 44.2 Å². The molecule has 0 bridgehead atoms. The normalized spacial score (nSPS) is 16.7. The molecule has 0 spiro atoms. The highest BCUT2D eigenvalue weighted by Crippen LogP contribution is 2.25. The summed E-state index contributed by atoms with van der Waals surface area (Å²) in [5.74, 6) is 0.648. The van der Waals surface area contributed by atoms with E-state index in [-0.39, 0.29) is 12.5 Å². The highest BCUT2D eigenvalue weighted by molar-refractivity contribution is 7.13. The van der Waals surface area contributed by atoms with Crippen molar-refractivity contribution in [2.24, 2.45) is 0 Å². The first-order chi connectivity index (χ1) is 18.8. The maximum atomic E-state index is 12.8. The van der Waals surface area contributed by atoms with Gasteiger partial charge in [-0.05, 0) is 37.1 Å². The monoisotopic (exact) mass is 563 g/mol. The number of hydrogen-bond acceptors (Lipinski definition) is 7. The average molecular weight is 564 g/mol. The number of aromatic nitrogens is 1. The quantitative estimate of drug-likeness (QED) is 0.323. The number of alkyl halides is 3. The molecule has 0 radical (unpaired) electrons. The Balaban J connectivity index is 1.27. The fraction of sp³-hybridized carbons (Fsp3) is 0.444. The SMILES string of the molecule is O=C(CCCCN1CCN(Cc2ccc(-c3nccs3)o2)CC1C(=O)NCC(F)(F)F)NCc1ccccc1. The number of carbonyl (C=O) groups excluding carboxylic acids is 2. The first-order valence-electron chi connectivity index (χ1n) is 12.9. The van der Waals surface area contributed by atoms with Crippen molar-refractivity contribution >= 4 is 23.2 Å². The number of amides is 2. The van der Waals surface area contributed by atoms with Gasteiger partial charge in [0.05, 0.1) is 6.54 Å². The lowest BCUT2D eigenvalue weighted by molar-refractivity contribution is -0.143. The molecule has 1 aromatic carbocycles. The summed E-state index contributed by atoms with van der Waals surface area (Å²) in [4.78, 5) is 33.2. The van der Waals surface area contributed by atoms with E-state index < -0.39 is 24.7 Å². The molecule has 1 saturated heterocycles. The van der Waals surface area contributed by atoms with Crippen LogP contribution >= 0.6 is 11.3 Å². The number of carbonyl (C=O) groups is 2. The van der Waals surface area contributed by atoms with Crippen LogP contribution in [-0.2, 0) is 22.7 Å². The summed E-state index contributed by atoms with van der Waals surface area (Å²) in [6.45, 7) is 1.46. The fourth-order valence-corrected chi connectivity index (χ4v) is 5.07. The minimum atomic E-state index is -4.48. The molecule has 1 atom stereocenters. The Kier molecular flexibility index (Phi) is 10.1. The Morgan fingerprint density at radius 2 is 1.90 bits per heavy atom. The molecule has 3 heterocycles. The third-order valence-corrected chi connectivity index (χ3v) is 7.24. The van der Waals surface area contributed by atoms with E-state index in [0.29, 0.717) is 63.5 Å². The fourth-order valence-electron chi connectivity index (χ4n) is 4.47. The number of nitrogens with zero attached hydrogens (tertiary/aromatic N) is 3. The molecule has 2 amide bonds. The van der Waals surface area contributed by atoms with Gasteiger partial charge < -0.3 is 15.1 Å². The van der Waals surface area contributed by atoms with E-state index in [4.69, 9.17) is 4.42 Å². The standard InChI is InChI=1S/C27H32F3N5O3S/c28-27(29,30)19-33-25(37)22-18-34(17-21-9-10-23(38-21)26-31-11-15-39-26)13-14-35(22)12-5-4-8-24(36)32-16-20-6-2-1-3-7-20/h1-3,6-7,9-11,15,22H,4-5,8,12-14,16-19H2,(H,32,36)(H,33,37). The molecule has 2 aromatic heterocycles. The second kappa shape index (κ2) is 13.7. The zero-order valence-corrected chi connectivity index (χ0v) is 22.3. The van der Waals surface area contributed by atoms with Crippen molar-refractivity contribution < 1.29 is 27.2 Å². The minimum absolute atomic E-state index is 0.0568. The summed E-state index contributed by atoms with van der Waals surface area (Å²) in [6, 6.07) is 12.6. The van der Waals surface area contributed by atoms with Crippen LogP contribution in [0.25, 0.3) is 10.8 Å². The number of halogens is 3. The van der Waals surface area contributed by atoms with Crippen molar-refractivity contribution in [2.75, 3.05) is 32.7 Å². The first-order valence-corrected chi connectivity index (χ1v) is 13.7. The maximum absolute atomic E-state index is 12.8. The maximum Gasteiger partial charge on any atom is 0.405 e. The van der Waals surface area contributed by atoms with Crippen LogP contribution in [0.3, 0.4) is 0 Å². The van der Waals surface area contributed by atoms with Crippen LogP contribution in [0.5, 0.6) is 0 Å². The second-order valence-electron chi connectivity index (χ2n) is 9.44. The molecule has 1 aliphatic rings. The Hall–Kier alpha value is -3.22. The number of hydrogen-bond donors (Lipinski definition) is 2. The van der Waals surface area contributed by atoms with Crippen LogP contribution in [0.15, 0.2) is 58.5 Å². The van der Waals surface area contributed by atoms with E-state index in [0.717, 1.165) is 10.6 Å². The number of furan rings is 1. The molecular formula is C27H32F3N5O3S. The highest BCUT2D eigenvalue weighted by Gasteiger charge is 2.35. The zero-order valence-electron chi connectivity index (χ0n) is 21.5. The van der Waals surface area contributed by atoms with E-state index in [1.54, 1.807) is 6.20 Å². The molecule has 210 valence electrons. The van der Waals surface area contributed by atoms with Gasteiger partial charge >= 0.3 is 6.18 Å². The summed E-state index contributed by atoms with van der Waals surface area (Å²) in [5.41, 5.74) is 1.02. The van der Waals surface area contributed by atoms with E-state index in [9.17, 15) is 22.8 Å². The largest absolute Gasteiger partial charge is 0.457 e. The van der Waals surface area contributed by atoms with Crippen LogP contribution in [0.2, 0.25) is 0 Å². The molecule has 1 unspecified atom stereocenters. The highest BCUT2D eigenvalue weighted by atomic mass is 32.1. The Morgan fingerprint density at radius 3 is 2.64 bits per heavy atom. The van der Waals surface area contributed by atoms with Crippen LogP contribution in [-0.4, -0.2) is 71.5 Å². The van der Waals surface area contributed by atoms with Gasteiger partial charge in [-0.25, -0.2) is 4.98 Å². The van der Waals surface area contributed by atoms with Crippen LogP contribution < -0.4 is 10.6 Å². The molecule has 4 rings (SSSR count). The van der Waals surface area contributed by atoms with Gasteiger partial charge in [-0.2, -0.15) is 13.2 Å². The van der Waals surface area contributed by atoms with Gasteiger partial charge in [0.2, 0.25) is 11.8 Å². The van der Waals surface area contributed by atoms with E-state index in [1.807, 2.05) is 63.0 Å². The van der Waals surface area contributed by atoms with E-state index >= 15 is 0 Å². The Labute approximate surface area is 229 Å². The van der Waals surface area contributed by atoms with Crippen molar-refractivity contribution in [3.63, 3.8) is 0 Å². The van der Waals surface area contributed by atoms with Crippen molar-refractivity contribution in [3.05, 3.63) is 65.4 Å². The number of unbranched alkanes of at least 4 members (excludes halogenated alkanes) is 1. The smallest absolute Gasteiger partial charge is 0.405 e. The Bertz CT molecular complexity index is 1190. The van der Waals surface area contributed by atoms with Crippen LogP contribution in [0, 0.1) is 0 Å². The van der Waals surface area contributed by atoms with Crippen molar-refractivity contribution in [1.29, 1.82) is 0 Å². The molecule has 0 aliphatic carbocycles. The van der Waals surface area contributed by atoms with E-state index in [2.05, 4.69) is 10.3 Å². The van der Waals surface area contributed by atoms with Crippen molar-refractivity contribution in [3.8, 4) is 10.8 Å². The lowest BCUT2D eigenvalue weighted by atomic mass is 10.1.